The summed E-state index contributed by atoms with van der Waals surface area (Å²) in [7, 11) is 0. The van der Waals surface area contributed by atoms with Crippen molar-refractivity contribution in [2.45, 2.75) is 26.4 Å². The zero-order valence-corrected chi connectivity index (χ0v) is 16.5. The second-order valence-electron chi connectivity index (χ2n) is 6.44. The van der Waals surface area contributed by atoms with E-state index in [-0.39, 0.29) is 17.4 Å². The summed E-state index contributed by atoms with van der Waals surface area (Å²) in [4.78, 5) is 37.7. The lowest BCUT2D eigenvalue weighted by Gasteiger charge is -2.26. The molecule has 3 rings (SSSR count). The number of benzene rings is 2. The van der Waals surface area contributed by atoms with Crippen LogP contribution in [0.4, 0.5) is 14.9 Å². The van der Waals surface area contributed by atoms with E-state index in [2.05, 4.69) is 5.32 Å². The lowest BCUT2D eigenvalue weighted by Crippen LogP contribution is -2.54. The Morgan fingerprint density at radius 2 is 1.93 bits per heavy atom. The van der Waals surface area contributed by atoms with E-state index >= 15 is 0 Å². The molecule has 1 saturated heterocycles. The van der Waals surface area contributed by atoms with Gasteiger partial charge in [0.2, 0.25) is 0 Å². The lowest BCUT2D eigenvalue weighted by atomic mass is 10.1. The van der Waals surface area contributed by atoms with Crippen LogP contribution in [0.1, 0.15) is 25.8 Å². The highest BCUT2D eigenvalue weighted by molar-refractivity contribution is 6.39. The molecule has 0 aromatic heterocycles. The number of barbiturate groups is 1. The number of nitrogens with one attached hydrogen (secondary N) is 1. The van der Waals surface area contributed by atoms with Crippen molar-refractivity contribution in [2.24, 2.45) is 0 Å². The maximum atomic E-state index is 14.1. The van der Waals surface area contributed by atoms with Gasteiger partial charge in [0.05, 0.1) is 16.8 Å². The molecular weight excluding hydrogens is 399 g/mol. The Bertz CT molecular complexity index is 1020. The molecule has 0 spiro atoms. The smallest absolute Gasteiger partial charge is 0.336 e. The van der Waals surface area contributed by atoms with Gasteiger partial charge >= 0.3 is 6.03 Å². The van der Waals surface area contributed by atoms with Gasteiger partial charge in [0, 0.05) is 0 Å². The van der Waals surface area contributed by atoms with Gasteiger partial charge in [-0.2, -0.15) is 0 Å². The Morgan fingerprint density at radius 3 is 2.59 bits per heavy atom. The van der Waals surface area contributed by atoms with Crippen LogP contribution in [0.2, 0.25) is 5.02 Å². The summed E-state index contributed by atoms with van der Waals surface area (Å²) in [5.41, 5.74) is -0.115. The molecule has 2 aromatic carbocycles. The molecule has 1 N–H and O–H groups in total. The minimum Gasteiger partial charge on any atom is -0.489 e. The quantitative estimate of drug-likeness (QED) is 0.581. The van der Waals surface area contributed by atoms with E-state index < -0.39 is 23.7 Å². The van der Waals surface area contributed by atoms with Crippen LogP contribution in [0, 0.1) is 5.82 Å². The summed E-state index contributed by atoms with van der Waals surface area (Å²) in [5, 5.41) is 2.36. The fourth-order valence-corrected chi connectivity index (χ4v) is 2.91. The highest BCUT2D eigenvalue weighted by atomic mass is 35.5. The summed E-state index contributed by atoms with van der Waals surface area (Å²) in [6.45, 7) is 3.89. The molecule has 1 aliphatic heterocycles. The molecule has 4 amide bonds. The average molecular weight is 417 g/mol. The van der Waals surface area contributed by atoms with Crippen LogP contribution in [-0.4, -0.2) is 23.9 Å². The predicted molar refractivity (Wildman–Crippen MR) is 107 cm³/mol. The van der Waals surface area contributed by atoms with Gasteiger partial charge in [0.25, 0.3) is 11.8 Å². The van der Waals surface area contributed by atoms with Crippen LogP contribution >= 0.6 is 11.6 Å². The Hall–Kier alpha value is -3.19. The van der Waals surface area contributed by atoms with Crippen LogP contribution < -0.4 is 15.0 Å². The van der Waals surface area contributed by atoms with Crippen LogP contribution in [0.15, 0.2) is 48.0 Å². The van der Waals surface area contributed by atoms with Crippen LogP contribution in [0.5, 0.6) is 5.75 Å². The topological polar surface area (TPSA) is 75.7 Å². The van der Waals surface area contributed by atoms with E-state index in [1.54, 1.807) is 12.1 Å². The number of hydrogen-bond donors (Lipinski definition) is 1. The zero-order chi connectivity index (χ0) is 21.1. The first-order valence-electron chi connectivity index (χ1n) is 8.94. The lowest BCUT2D eigenvalue weighted by molar-refractivity contribution is -0.122. The largest absolute Gasteiger partial charge is 0.489 e. The number of imide groups is 2. The number of ether oxygens (including phenoxy) is 1. The highest BCUT2D eigenvalue weighted by Crippen LogP contribution is 2.29. The Balaban J connectivity index is 1.95. The van der Waals surface area contributed by atoms with Crippen molar-refractivity contribution in [3.05, 3.63) is 64.4 Å². The Kier molecular flexibility index (Phi) is 5.98. The molecule has 1 aliphatic rings. The van der Waals surface area contributed by atoms with Gasteiger partial charge in [-0.15, -0.1) is 0 Å². The highest BCUT2D eigenvalue weighted by Gasteiger charge is 2.37. The van der Waals surface area contributed by atoms with Crippen molar-refractivity contribution in [3.63, 3.8) is 0 Å². The maximum absolute atomic E-state index is 14.1. The average Bonchev–Trinajstić information content (AvgIpc) is 2.68. The van der Waals surface area contributed by atoms with Crippen molar-refractivity contribution in [1.29, 1.82) is 0 Å². The first-order valence-corrected chi connectivity index (χ1v) is 9.31. The first kappa shape index (κ1) is 20.5. The molecule has 0 aliphatic carbocycles. The van der Waals surface area contributed by atoms with E-state index in [9.17, 15) is 18.8 Å². The minimum absolute atomic E-state index is 0.0252. The standard InChI is InChI=1S/C21H18ClFN2O4/c1-3-12(2)29-18-9-8-13(11-15(18)22)10-14-19(26)24-21(28)25(20(14)27)17-7-5-4-6-16(17)23/h4-12H,3H2,1-2H3,(H,24,26,28)/b14-10+/t12-/m1/s1. The Morgan fingerprint density at radius 1 is 1.21 bits per heavy atom. The Labute approximate surface area is 171 Å². The summed E-state index contributed by atoms with van der Waals surface area (Å²) >= 11 is 6.24. The molecule has 0 unspecified atom stereocenters. The number of para-hydroxylation sites is 1. The molecule has 0 radical (unpaired) electrons. The normalized spacial score (nSPS) is 16.8. The van der Waals surface area contributed by atoms with Gasteiger partial charge < -0.3 is 4.74 Å². The summed E-state index contributed by atoms with van der Waals surface area (Å²) in [6, 6.07) is 9.08. The minimum atomic E-state index is -1.02. The van der Waals surface area contributed by atoms with Crippen molar-refractivity contribution < 1.29 is 23.5 Å². The molecule has 1 heterocycles. The SMILES string of the molecule is CC[C@@H](C)Oc1ccc(/C=C2\C(=O)NC(=O)N(c3ccccc3F)C2=O)cc1Cl. The van der Waals surface area contributed by atoms with E-state index in [1.807, 2.05) is 13.8 Å². The van der Waals surface area contributed by atoms with Gasteiger partial charge in [-0.3, -0.25) is 14.9 Å². The number of hydrogen-bond acceptors (Lipinski definition) is 4. The van der Waals surface area contributed by atoms with Gasteiger partial charge in [-0.25, -0.2) is 14.1 Å². The summed E-state index contributed by atoms with van der Waals surface area (Å²) in [5.74, 6) is -2.09. The predicted octanol–water partition coefficient (Wildman–Crippen LogP) is 4.32. The van der Waals surface area contributed by atoms with Crippen LogP contribution in [-0.2, 0) is 9.59 Å². The third-order valence-electron chi connectivity index (χ3n) is 4.37. The van der Waals surface area contributed by atoms with Gasteiger partial charge in [0.1, 0.15) is 17.1 Å². The van der Waals surface area contributed by atoms with Gasteiger partial charge in [-0.1, -0.05) is 36.7 Å². The second-order valence-corrected chi connectivity index (χ2v) is 6.84. The third-order valence-corrected chi connectivity index (χ3v) is 4.66. The monoisotopic (exact) mass is 416 g/mol. The number of urea groups is 1. The molecule has 1 atom stereocenters. The molecule has 6 nitrogen and oxygen atoms in total. The first-order chi connectivity index (χ1) is 13.8. The molecule has 8 heteroatoms. The van der Waals surface area contributed by atoms with Crippen molar-refractivity contribution >= 4 is 41.2 Å². The van der Waals surface area contributed by atoms with Crippen molar-refractivity contribution in [3.8, 4) is 5.75 Å². The molecule has 1 fully saturated rings. The van der Waals surface area contributed by atoms with E-state index in [0.717, 1.165) is 12.5 Å². The molecule has 29 heavy (non-hydrogen) atoms. The van der Waals surface area contributed by atoms with Gasteiger partial charge in [-0.05, 0) is 49.2 Å². The van der Waals surface area contributed by atoms with E-state index in [1.165, 1.54) is 30.3 Å². The molecule has 0 saturated carbocycles. The fraction of sp³-hybridized carbons (Fsp3) is 0.190. The number of amides is 4. The maximum Gasteiger partial charge on any atom is 0.336 e. The summed E-state index contributed by atoms with van der Waals surface area (Å²) < 4.78 is 19.8. The number of halogens is 2. The van der Waals surface area contributed by atoms with E-state index in [0.29, 0.717) is 21.2 Å². The van der Waals surface area contributed by atoms with E-state index in [4.69, 9.17) is 16.3 Å². The van der Waals surface area contributed by atoms with Crippen molar-refractivity contribution in [2.75, 3.05) is 4.90 Å². The van der Waals surface area contributed by atoms with Gasteiger partial charge in [0.15, 0.2) is 0 Å². The number of nitrogens with zero attached hydrogens (tertiary/aromatic N) is 1. The van der Waals surface area contributed by atoms with Crippen LogP contribution in [0.25, 0.3) is 6.08 Å². The molecule has 2 aromatic rings. The summed E-state index contributed by atoms with van der Waals surface area (Å²) in [6.07, 6.45) is 2.07. The number of rotatable bonds is 5. The number of anilines is 1. The number of carbonyl (C=O) groups is 3. The number of carbonyl (C=O) groups excluding carboxylic acids is 3. The second kappa shape index (κ2) is 8.45. The van der Waals surface area contributed by atoms with Crippen LogP contribution in [0.3, 0.4) is 0 Å². The molecule has 150 valence electrons. The molecular formula is C21H18ClFN2O4. The van der Waals surface area contributed by atoms with Crippen molar-refractivity contribution in [1.82, 2.24) is 5.32 Å². The third kappa shape index (κ3) is 4.30. The molecule has 0 bridgehead atoms. The zero-order valence-electron chi connectivity index (χ0n) is 15.7. The fourth-order valence-electron chi connectivity index (χ4n) is 2.68.